The number of carbonyl (C=O) groups excluding carboxylic acids is 1. The fourth-order valence-electron chi connectivity index (χ4n) is 2.18. The molecular weight excluding hydrogens is 330 g/mol. The van der Waals surface area contributed by atoms with Crippen LogP contribution in [0.1, 0.15) is 22.8 Å². The number of nitrogens with one attached hydrogen (secondary N) is 1. The van der Waals surface area contributed by atoms with Crippen molar-refractivity contribution in [1.82, 2.24) is 4.98 Å². The predicted octanol–water partition coefficient (Wildman–Crippen LogP) is 4.90. The van der Waals surface area contributed by atoms with Crippen molar-refractivity contribution in [2.45, 2.75) is 13.3 Å². The van der Waals surface area contributed by atoms with Gasteiger partial charge >= 0.3 is 0 Å². The average molecular weight is 344 g/mol. The third-order valence-electron chi connectivity index (χ3n) is 3.56. The Morgan fingerprint density at radius 2 is 1.88 bits per heavy atom. The first kappa shape index (κ1) is 16.3. The van der Waals surface area contributed by atoms with Crippen LogP contribution in [-0.2, 0) is 6.42 Å². The number of rotatable bonds is 4. The van der Waals surface area contributed by atoms with Gasteiger partial charge in [0.05, 0.1) is 5.69 Å². The Morgan fingerprint density at radius 1 is 1.12 bits per heavy atom. The molecule has 0 radical (unpaired) electrons. The van der Waals surface area contributed by atoms with E-state index in [4.69, 9.17) is 0 Å². The van der Waals surface area contributed by atoms with Crippen LogP contribution < -0.4 is 5.32 Å². The monoisotopic (exact) mass is 344 g/mol. The Bertz CT molecular complexity index is 875. The van der Waals surface area contributed by atoms with E-state index in [1.165, 1.54) is 17.4 Å². The molecule has 2 aromatic carbocycles. The van der Waals surface area contributed by atoms with Crippen LogP contribution in [0.5, 0.6) is 0 Å². The summed E-state index contributed by atoms with van der Waals surface area (Å²) in [5, 5.41) is 4.80. The van der Waals surface area contributed by atoms with Gasteiger partial charge in [0, 0.05) is 16.5 Å². The molecule has 0 aliphatic carbocycles. The fraction of sp³-hybridized carbons (Fsp3) is 0.111. The summed E-state index contributed by atoms with van der Waals surface area (Å²) in [6.07, 6.45) is 0.909. The first-order valence-corrected chi connectivity index (χ1v) is 8.26. The summed E-state index contributed by atoms with van der Waals surface area (Å²) in [5.74, 6) is -2.09. The molecule has 24 heavy (non-hydrogen) atoms. The molecule has 1 aromatic heterocycles. The van der Waals surface area contributed by atoms with Gasteiger partial charge in [-0.15, -0.1) is 11.3 Å². The minimum atomic E-state index is -0.929. The molecule has 0 fully saturated rings. The minimum Gasteiger partial charge on any atom is -0.298 e. The molecule has 122 valence electrons. The van der Waals surface area contributed by atoms with Gasteiger partial charge in [0.2, 0.25) is 0 Å². The summed E-state index contributed by atoms with van der Waals surface area (Å²) in [4.78, 5) is 16.5. The van der Waals surface area contributed by atoms with Crippen LogP contribution in [0, 0.1) is 11.6 Å². The Labute approximate surface area is 142 Å². The van der Waals surface area contributed by atoms with Gasteiger partial charge in [-0.1, -0.05) is 19.1 Å². The van der Waals surface area contributed by atoms with Crippen molar-refractivity contribution in [3.63, 3.8) is 0 Å². The number of thiazole rings is 1. The predicted molar refractivity (Wildman–Crippen MR) is 91.2 cm³/mol. The second-order valence-electron chi connectivity index (χ2n) is 5.17. The van der Waals surface area contributed by atoms with Crippen LogP contribution >= 0.6 is 11.3 Å². The summed E-state index contributed by atoms with van der Waals surface area (Å²) in [5.41, 5.74) is 2.63. The molecule has 6 heteroatoms. The summed E-state index contributed by atoms with van der Waals surface area (Å²) in [7, 11) is 0. The number of hydrogen-bond acceptors (Lipinski definition) is 3. The van der Waals surface area contributed by atoms with E-state index in [0.29, 0.717) is 22.0 Å². The Kier molecular flexibility index (Phi) is 4.66. The topological polar surface area (TPSA) is 42.0 Å². The van der Waals surface area contributed by atoms with Gasteiger partial charge in [0.15, 0.2) is 16.8 Å². The molecule has 0 unspecified atom stereocenters. The zero-order valence-electron chi connectivity index (χ0n) is 12.8. The van der Waals surface area contributed by atoms with Crippen molar-refractivity contribution < 1.29 is 13.6 Å². The standard InChI is InChI=1S/C18H14F2N2OS/c1-2-11-3-5-12(6-4-11)17(23)22-18-21-16(10-24-18)13-7-8-14(19)15(20)9-13/h3-10H,2H2,1H3,(H,21,22,23). The molecule has 0 aliphatic rings. The zero-order chi connectivity index (χ0) is 17.1. The third-order valence-corrected chi connectivity index (χ3v) is 4.32. The lowest BCUT2D eigenvalue weighted by Crippen LogP contribution is -2.11. The molecule has 3 rings (SSSR count). The molecule has 1 N–H and O–H groups in total. The highest BCUT2D eigenvalue weighted by Crippen LogP contribution is 2.26. The van der Waals surface area contributed by atoms with Gasteiger partial charge in [0.1, 0.15) is 0 Å². The van der Waals surface area contributed by atoms with Crippen molar-refractivity contribution in [2.24, 2.45) is 0 Å². The number of nitrogens with zero attached hydrogens (tertiary/aromatic N) is 1. The van der Waals surface area contributed by atoms with Crippen LogP contribution in [0.2, 0.25) is 0 Å². The molecule has 0 bridgehead atoms. The Balaban J connectivity index is 1.75. The molecule has 0 saturated carbocycles. The third kappa shape index (κ3) is 3.49. The summed E-state index contributed by atoms with van der Waals surface area (Å²) in [6, 6.07) is 10.9. The van der Waals surface area contributed by atoms with Crippen molar-refractivity contribution >= 4 is 22.4 Å². The van der Waals surface area contributed by atoms with Crippen LogP contribution in [0.15, 0.2) is 47.8 Å². The minimum absolute atomic E-state index is 0.260. The van der Waals surface area contributed by atoms with E-state index in [2.05, 4.69) is 10.3 Å². The Morgan fingerprint density at radius 3 is 2.54 bits per heavy atom. The Hall–Kier alpha value is -2.60. The highest BCUT2D eigenvalue weighted by molar-refractivity contribution is 7.14. The van der Waals surface area contributed by atoms with Crippen molar-refractivity contribution in [3.05, 3.63) is 70.6 Å². The molecule has 3 nitrogen and oxygen atoms in total. The summed E-state index contributed by atoms with van der Waals surface area (Å²) >= 11 is 1.23. The van der Waals surface area contributed by atoms with Crippen LogP contribution in [0.4, 0.5) is 13.9 Å². The van der Waals surface area contributed by atoms with Gasteiger partial charge in [-0.3, -0.25) is 10.1 Å². The number of carbonyl (C=O) groups is 1. The molecule has 3 aromatic rings. The smallest absolute Gasteiger partial charge is 0.257 e. The number of aryl methyl sites for hydroxylation is 1. The first-order valence-electron chi connectivity index (χ1n) is 7.38. The molecule has 1 amide bonds. The van der Waals surface area contributed by atoms with E-state index in [9.17, 15) is 13.6 Å². The van der Waals surface area contributed by atoms with Gasteiger partial charge in [-0.25, -0.2) is 13.8 Å². The van der Waals surface area contributed by atoms with E-state index < -0.39 is 11.6 Å². The quantitative estimate of drug-likeness (QED) is 0.731. The van der Waals surface area contributed by atoms with Crippen molar-refractivity contribution in [1.29, 1.82) is 0 Å². The zero-order valence-corrected chi connectivity index (χ0v) is 13.7. The van der Waals surface area contributed by atoms with E-state index in [0.717, 1.165) is 24.1 Å². The number of anilines is 1. The lowest BCUT2D eigenvalue weighted by atomic mass is 10.1. The summed E-state index contributed by atoms with van der Waals surface area (Å²) < 4.78 is 26.3. The van der Waals surface area contributed by atoms with E-state index >= 15 is 0 Å². The lowest BCUT2D eigenvalue weighted by Gasteiger charge is -2.03. The molecule has 0 spiro atoms. The normalized spacial score (nSPS) is 10.6. The fourth-order valence-corrected chi connectivity index (χ4v) is 2.90. The van der Waals surface area contributed by atoms with Crippen LogP contribution in [-0.4, -0.2) is 10.9 Å². The van der Waals surface area contributed by atoms with Crippen molar-refractivity contribution in [2.75, 3.05) is 5.32 Å². The lowest BCUT2D eigenvalue weighted by molar-refractivity contribution is 0.102. The molecule has 0 atom stereocenters. The molecular formula is C18H14F2N2OS. The second-order valence-corrected chi connectivity index (χ2v) is 6.03. The van der Waals surface area contributed by atoms with E-state index in [1.54, 1.807) is 17.5 Å². The SMILES string of the molecule is CCc1ccc(C(=O)Nc2nc(-c3ccc(F)c(F)c3)cs2)cc1. The van der Waals surface area contributed by atoms with Crippen LogP contribution in [0.3, 0.4) is 0 Å². The molecule has 0 aliphatic heterocycles. The van der Waals surface area contributed by atoms with E-state index in [1.807, 2.05) is 19.1 Å². The first-order chi connectivity index (χ1) is 11.6. The maximum atomic E-state index is 13.3. The molecule has 1 heterocycles. The van der Waals surface area contributed by atoms with Crippen LogP contribution in [0.25, 0.3) is 11.3 Å². The van der Waals surface area contributed by atoms with Gasteiger partial charge < -0.3 is 0 Å². The van der Waals surface area contributed by atoms with E-state index in [-0.39, 0.29) is 5.91 Å². The number of aromatic nitrogens is 1. The largest absolute Gasteiger partial charge is 0.298 e. The highest BCUT2D eigenvalue weighted by atomic mass is 32.1. The highest BCUT2D eigenvalue weighted by Gasteiger charge is 2.11. The van der Waals surface area contributed by atoms with Gasteiger partial charge in [0.25, 0.3) is 5.91 Å². The maximum Gasteiger partial charge on any atom is 0.257 e. The number of benzene rings is 2. The number of halogens is 2. The number of hydrogen-bond donors (Lipinski definition) is 1. The van der Waals surface area contributed by atoms with Gasteiger partial charge in [-0.05, 0) is 42.3 Å². The summed E-state index contributed by atoms with van der Waals surface area (Å²) in [6.45, 7) is 2.05. The maximum absolute atomic E-state index is 13.3. The van der Waals surface area contributed by atoms with Crippen molar-refractivity contribution in [3.8, 4) is 11.3 Å². The number of amides is 1. The molecule has 0 saturated heterocycles. The average Bonchev–Trinajstić information content (AvgIpc) is 3.06. The second kappa shape index (κ2) is 6.88. The van der Waals surface area contributed by atoms with Gasteiger partial charge in [-0.2, -0.15) is 0 Å².